The van der Waals surface area contributed by atoms with Crippen LogP contribution in [0.15, 0.2) is 42.5 Å². The van der Waals surface area contributed by atoms with Gasteiger partial charge in [0.25, 0.3) is 0 Å². The lowest BCUT2D eigenvalue weighted by molar-refractivity contribution is 0.407. The topological polar surface area (TPSA) is 44.5 Å². The van der Waals surface area contributed by atoms with Crippen LogP contribution in [0.3, 0.4) is 0 Å². The first-order valence-corrected chi connectivity index (χ1v) is 5.85. The van der Waals surface area contributed by atoms with Gasteiger partial charge in [0, 0.05) is 18.2 Å². The first-order valence-electron chi connectivity index (χ1n) is 5.85. The lowest BCUT2D eigenvalue weighted by Crippen LogP contribution is -2.00. The van der Waals surface area contributed by atoms with Crippen molar-refractivity contribution in [3.05, 3.63) is 53.6 Å². The van der Waals surface area contributed by atoms with Gasteiger partial charge in [-0.15, -0.1) is 0 Å². The zero-order valence-electron chi connectivity index (χ0n) is 10.6. The van der Waals surface area contributed by atoms with E-state index in [0.717, 1.165) is 28.4 Å². The fourth-order valence-electron chi connectivity index (χ4n) is 1.71. The molecular weight excluding hydrogens is 226 g/mol. The molecule has 94 valence electrons. The van der Waals surface area contributed by atoms with E-state index in [1.165, 1.54) is 0 Å². The molecule has 0 fully saturated rings. The minimum absolute atomic E-state index is 0.436. The van der Waals surface area contributed by atoms with E-state index in [1.807, 2.05) is 49.4 Å². The van der Waals surface area contributed by atoms with Crippen molar-refractivity contribution >= 4 is 0 Å². The van der Waals surface area contributed by atoms with Crippen molar-refractivity contribution < 1.29 is 9.47 Å². The molecule has 0 atom stereocenters. The van der Waals surface area contributed by atoms with Gasteiger partial charge in [-0.25, -0.2) is 0 Å². The Bertz CT molecular complexity index is 538. The van der Waals surface area contributed by atoms with Crippen LogP contribution < -0.4 is 15.2 Å². The van der Waals surface area contributed by atoms with Gasteiger partial charge in [-0.1, -0.05) is 24.3 Å². The van der Waals surface area contributed by atoms with Gasteiger partial charge in [-0.05, 0) is 24.6 Å². The average molecular weight is 243 g/mol. The third-order valence-corrected chi connectivity index (χ3v) is 2.81. The van der Waals surface area contributed by atoms with E-state index >= 15 is 0 Å². The highest BCUT2D eigenvalue weighted by atomic mass is 16.5. The summed E-state index contributed by atoms with van der Waals surface area (Å²) in [6.45, 7) is 2.45. The molecule has 0 aliphatic rings. The summed E-state index contributed by atoms with van der Waals surface area (Å²) in [5.41, 5.74) is 7.76. The summed E-state index contributed by atoms with van der Waals surface area (Å²) >= 11 is 0. The van der Waals surface area contributed by atoms with E-state index in [2.05, 4.69) is 0 Å². The summed E-state index contributed by atoms with van der Waals surface area (Å²) in [4.78, 5) is 0. The number of nitrogens with two attached hydrogens (primary N) is 1. The van der Waals surface area contributed by atoms with Crippen LogP contribution in [-0.2, 0) is 6.54 Å². The van der Waals surface area contributed by atoms with Crippen LogP contribution in [0.4, 0.5) is 0 Å². The molecule has 0 bridgehead atoms. The zero-order chi connectivity index (χ0) is 13.0. The Morgan fingerprint density at radius 2 is 1.83 bits per heavy atom. The highest BCUT2D eigenvalue weighted by Crippen LogP contribution is 2.30. The first-order chi connectivity index (χ1) is 8.74. The van der Waals surface area contributed by atoms with Crippen LogP contribution in [0.5, 0.6) is 17.2 Å². The van der Waals surface area contributed by atoms with Gasteiger partial charge in [0.05, 0.1) is 7.11 Å². The number of aryl methyl sites for hydroxylation is 1. The van der Waals surface area contributed by atoms with Gasteiger partial charge in [-0.3, -0.25) is 0 Å². The van der Waals surface area contributed by atoms with E-state index in [-0.39, 0.29) is 0 Å². The average Bonchev–Trinajstić information content (AvgIpc) is 2.41. The van der Waals surface area contributed by atoms with Gasteiger partial charge in [0.1, 0.15) is 17.2 Å². The van der Waals surface area contributed by atoms with Crippen molar-refractivity contribution in [2.45, 2.75) is 13.5 Å². The Labute approximate surface area is 107 Å². The fourth-order valence-corrected chi connectivity index (χ4v) is 1.71. The maximum absolute atomic E-state index is 5.91. The van der Waals surface area contributed by atoms with Crippen molar-refractivity contribution in [1.29, 1.82) is 0 Å². The van der Waals surface area contributed by atoms with Gasteiger partial charge in [-0.2, -0.15) is 0 Å². The molecule has 18 heavy (non-hydrogen) atoms. The minimum atomic E-state index is 0.436. The van der Waals surface area contributed by atoms with Crippen LogP contribution >= 0.6 is 0 Å². The second-order valence-corrected chi connectivity index (χ2v) is 4.05. The third-order valence-electron chi connectivity index (χ3n) is 2.81. The minimum Gasteiger partial charge on any atom is -0.497 e. The Morgan fingerprint density at radius 3 is 2.50 bits per heavy atom. The molecule has 0 aliphatic carbocycles. The van der Waals surface area contributed by atoms with E-state index in [0.29, 0.717) is 6.54 Å². The highest BCUT2D eigenvalue weighted by Gasteiger charge is 2.07. The van der Waals surface area contributed by atoms with Crippen LogP contribution in [0, 0.1) is 6.92 Å². The van der Waals surface area contributed by atoms with Gasteiger partial charge in [0.2, 0.25) is 0 Å². The number of hydrogen-bond donors (Lipinski definition) is 1. The lowest BCUT2D eigenvalue weighted by Gasteiger charge is -2.13. The van der Waals surface area contributed by atoms with Crippen molar-refractivity contribution in [2.24, 2.45) is 5.73 Å². The van der Waals surface area contributed by atoms with Gasteiger partial charge < -0.3 is 15.2 Å². The number of hydrogen-bond acceptors (Lipinski definition) is 3. The summed E-state index contributed by atoms with van der Waals surface area (Å²) in [7, 11) is 1.63. The smallest absolute Gasteiger partial charge is 0.135 e. The van der Waals surface area contributed by atoms with Crippen LogP contribution in [0.2, 0.25) is 0 Å². The summed E-state index contributed by atoms with van der Waals surface area (Å²) in [5.74, 6) is 2.34. The largest absolute Gasteiger partial charge is 0.497 e. The number of rotatable bonds is 4. The van der Waals surface area contributed by atoms with Crippen molar-refractivity contribution in [2.75, 3.05) is 7.11 Å². The maximum Gasteiger partial charge on any atom is 0.135 e. The number of para-hydroxylation sites is 1. The second kappa shape index (κ2) is 5.56. The van der Waals surface area contributed by atoms with E-state index in [4.69, 9.17) is 15.2 Å². The Morgan fingerprint density at radius 1 is 1.06 bits per heavy atom. The van der Waals surface area contributed by atoms with E-state index in [1.54, 1.807) is 7.11 Å². The number of methoxy groups -OCH3 is 1. The Hall–Kier alpha value is -2.00. The normalized spacial score (nSPS) is 10.2. The molecule has 0 aliphatic heterocycles. The molecule has 0 amide bonds. The Kier molecular flexibility index (Phi) is 3.85. The summed E-state index contributed by atoms with van der Waals surface area (Å²) in [5, 5.41) is 0. The maximum atomic E-state index is 5.91. The molecule has 0 radical (unpaired) electrons. The molecule has 3 heteroatoms. The molecule has 2 aromatic carbocycles. The monoisotopic (exact) mass is 243 g/mol. The molecule has 2 rings (SSSR count). The molecule has 2 aromatic rings. The van der Waals surface area contributed by atoms with Crippen LogP contribution in [-0.4, -0.2) is 7.11 Å². The third kappa shape index (κ3) is 2.63. The molecule has 0 saturated carbocycles. The standard InChI is InChI=1S/C15H17NO2/c1-11-5-3-4-6-14(11)18-15-9-13(17-2)8-7-12(15)10-16/h3-9H,10,16H2,1-2H3. The molecule has 0 saturated heterocycles. The van der Waals surface area contributed by atoms with Crippen molar-refractivity contribution in [3.8, 4) is 17.2 Å². The van der Waals surface area contributed by atoms with E-state index < -0.39 is 0 Å². The molecule has 0 spiro atoms. The summed E-state index contributed by atoms with van der Waals surface area (Å²) < 4.78 is 11.1. The van der Waals surface area contributed by atoms with Crippen molar-refractivity contribution in [1.82, 2.24) is 0 Å². The molecule has 2 N–H and O–H groups in total. The number of ether oxygens (including phenoxy) is 2. The Balaban J connectivity index is 2.35. The fraction of sp³-hybridized carbons (Fsp3) is 0.200. The first kappa shape index (κ1) is 12.5. The molecule has 3 nitrogen and oxygen atoms in total. The van der Waals surface area contributed by atoms with Crippen LogP contribution in [0.25, 0.3) is 0 Å². The molecule has 0 heterocycles. The molecule has 0 aromatic heterocycles. The summed E-state index contributed by atoms with van der Waals surface area (Å²) in [6, 6.07) is 13.5. The molecular formula is C15H17NO2. The second-order valence-electron chi connectivity index (χ2n) is 4.05. The van der Waals surface area contributed by atoms with Gasteiger partial charge in [0.15, 0.2) is 0 Å². The van der Waals surface area contributed by atoms with E-state index in [9.17, 15) is 0 Å². The SMILES string of the molecule is COc1ccc(CN)c(Oc2ccccc2C)c1. The van der Waals surface area contributed by atoms with Crippen molar-refractivity contribution in [3.63, 3.8) is 0 Å². The number of benzene rings is 2. The summed E-state index contributed by atoms with van der Waals surface area (Å²) in [6.07, 6.45) is 0. The molecule has 0 unspecified atom stereocenters. The van der Waals surface area contributed by atoms with Gasteiger partial charge >= 0.3 is 0 Å². The lowest BCUT2D eigenvalue weighted by atomic mass is 10.2. The predicted octanol–water partition coefficient (Wildman–Crippen LogP) is 3.25. The zero-order valence-corrected chi connectivity index (χ0v) is 10.6. The highest BCUT2D eigenvalue weighted by molar-refractivity contribution is 5.44. The van der Waals surface area contributed by atoms with Crippen LogP contribution in [0.1, 0.15) is 11.1 Å². The quantitative estimate of drug-likeness (QED) is 0.896. The predicted molar refractivity (Wildman–Crippen MR) is 72.1 cm³/mol.